The third-order valence-corrected chi connectivity index (χ3v) is 2.89. The highest BCUT2D eigenvalue weighted by atomic mass is 32.2. The van der Waals surface area contributed by atoms with Crippen molar-refractivity contribution >= 4 is 10.1 Å². The fourth-order valence-electron chi connectivity index (χ4n) is 1.40. The van der Waals surface area contributed by atoms with E-state index in [0.29, 0.717) is 5.56 Å². The van der Waals surface area contributed by atoms with Crippen LogP contribution in [0.2, 0.25) is 0 Å². The van der Waals surface area contributed by atoms with Crippen molar-refractivity contribution < 1.29 is 27.2 Å². The molecule has 1 aromatic heterocycles. The lowest BCUT2D eigenvalue weighted by Gasteiger charge is -2.00. The molecular weight excluding hydrogens is 276 g/mol. The molecule has 0 spiro atoms. The average Bonchev–Trinajstić information content (AvgIpc) is 2.70. The number of ether oxygens (including phenoxy) is 1. The van der Waals surface area contributed by atoms with Crippen LogP contribution >= 0.6 is 0 Å². The summed E-state index contributed by atoms with van der Waals surface area (Å²) in [5.74, 6) is -0.739. The maximum Gasteiger partial charge on any atom is 0.402 e. The van der Waals surface area contributed by atoms with E-state index < -0.39 is 15.9 Å². The number of rotatable bonds is 5. The second kappa shape index (κ2) is 5.24. The fourth-order valence-corrected chi connectivity index (χ4v) is 1.69. The molecule has 0 fully saturated rings. The standard InChI is InChI=1S/C10H10N2O6S/c13-12-9(8-4-2-1-3-5-8)10(11-18-12)17-6-7-19(14,15)16/h1-5H,6-7H2,(H,14,15,16). The summed E-state index contributed by atoms with van der Waals surface area (Å²) in [4.78, 5) is 0.165. The highest BCUT2D eigenvalue weighted by molar-refractivity contribution is 7.85. The minimum atomic E-state index is -4.13. The summed E-state index contributed by atoms with van der Waals surface area (Å²) in [6.07, 6.45) is 0. The summed E-state index contributed by atoms with van der Waals surface area (Å²) < 4.78 is 39.1. The monoisotopic (exact) mass is 286 g/mol. The first-order valence-corrected chi connectivity index (χ1v) is 6.81. The summed E-state index contributed by atoms with van der Waals surface area (Å²) in [5.41, 5.74) is 0.552. The van der Waals surface area contributed by atoms with Crippen LogP contribution < -0.4 is 9.64 Å². The number of benzene rings is 1. The van der Waals surface area contributed by atoms with Crippen LogP contribution in [0.5, 0.6) is 5.88 Å². The van der Waals surface area contributed by atoms with Gasteiger partial charge >= 0.3 is 5.88 Å². The molecule has 1 heterocycles. The van der Waals surface area contributed by atoms with Gasteiger partial charge in [-0.25, -0.2) is 0 Å². The molecular formula is C10H10N2O6S. The lowest BCUT2D eigenvalue weighted by atomic mass is 10.2. The van der Waals surface area contributed by atoms with E-state index in [2.05, 4.69) is 9.79 Å². The first-order valence-electron chi connectivity index (χ1n) is 5.20. The van der Waals surface area contributed by atoms with E-state index >= 15 is 0 Å². The van der Waals surface area contributed by atoms with Gasteiger partial charge in [0.15, 0.2) is 0 Å². The van der Waals surface area contributed by atoms with E-state index in [1.165, 1.54) is 0 Å². The van der Waals surface area contributed by atoms with Crippen molar-refractivity contribution in [2.75, 3.05) is 12.4 Å². The van der Waals surface area contributed by atoms with Crippen LogP contribution in [-0.2, 0) is 10.1 Å². The summed E-state index contributed by atoms with van der Waals surface area (Å²) >= 11 is 0. The van der Waals surface area contributed by atoms with E-state index in [1.807, 2.05) is 0 Å². The van der Waals surface area contributed by atoms with Gasteiger partial charge in [0.1, 0.15) is 12.4 Å². The maximum atomic E-state index is 11.4. The second-order valence-corrected chi connectivity index (χ2v) is 5.16. The van der Waals surface area contributed by atoms with Gasteiger partial charge in [0.05, 0.1) is 5.16 Å². The number of hydrogen-bond donors (Lipinski definition) is 1. The van der Waals surface area contributed by atoms with Crippen LogP contribution in [0.1, 0.15) is 0 Å². The average molecular weight is 286 g/mol. The quantitative estimate of drug-likeness (QED) is 0.618. The molecule has 102 valence electrons. The molecule has 0 bridgehead atoms. The zero-order valence-electron chi connectivity index (χ0n) is 9.59. The van der Waals surface area contributed by atoms with Crippen molar-refractivity contribution in [3.63, 3.8) is 0 Å². The normalized spacial score (nSPS) is 11.4. The van der Waals surface area contributed by atoms with Gasteiger partial charge in [0.25, 0.3) is 15.8 Å². The number of hydrogen-bond acceptors (Lipinski definition) is 6. The Bertz CT molecular complexity index is 652. The van der Waals surface area contributed by atoms with Gasteiger partial charge in [-0.05, 0) is 4.90 Å². The van der Waals surface area contributed by atoms with Crippen molar-refractivity contribution in [3.05, 3.63) is 35.5 Å². The van der Waals surface area contributed by atoms with Gasteiger partial charge in [-0.3, -0.25) is 9.18 Å². The fraction of sp³-hybridized carbons (Fsp3) is 0.200. The highest BCUT2D eigenvalue weighted by Gasteiger charge is 2.23. The molecule has 0 saturated carbocycles. The minimum Gasteiger partial charge on any atom is -0.454 e. The van der Waals surface area contributed by atoms with Crippen molar-refractivity contribution in [1.82, 2.24) is 5.16 Å². The first-order chi connectivity index (χ1) is 8.97. The van der Waals surface area contributed by atoms with E-state index in [1.54, 1.807) is 30.3 Å². The van der Waals surface area contributed by atoms with Gasteiger partial charge in [-0.15, -0.1) is 0 Å². The Labute approximate surface area is 108 Å². The molecule has 9 heteroatoms. The SMILES string of the molecule is O=S(=O)(O)CCOc1no[n+]([O-])c1-c1ccccc1. The summed E-state index contributed by atoms with van der Waals surface area (Å²) in [5, 5.41) is 14.8. The molecule has 0 saturated heterocycles. The Morgan fingerprint density at radius 2 is 2.05 bits per heavy atom. The Morgan fingerprint density at radius 3 is 2.68 bits per heavy atom. The van der Waals surface area contributed by atoms with Crippen LogP contribution in [0, 0.1) is 5.21 Å². The van der Waals surface area contributed by atoms with Crippen LogP contribution in [0.4, 0.5) is 0 Å². The summed E-state index contributed by atoms with van der Waals surface area (Å²) in [7, 11) is -4.13. The van der Waals surface area contributed by atoms with Crippen LogP contribution in [0.25, 0.3) is 11.3 Å². The molecule has 1 aromatic carbocycles. The zero-order valence-corrected chi connectivity index (χ0v) is 10.4. The largest absolute Gasteiger partial charge is 0.454 e. The first kappa shape index (κ1) is 13.3. The minimum absolute atomic E-state index is 0.0379. The van der Waals surface area contributed by atoms with E-state index in [4.69, 9.17) is 9.29 Å². The van der Waals surface area contributed by atoms with E-state index in [0.717, 1.165) is 0 Å². The molecule has 2 rings (SSSR count). The molecule has 0 amide bonds. The van der Waals surface area contributed by atoms with Crippen molar-refractivity contribution in [2.45, 2.75) is 0 Å². The molecule has 2 aromatic rings. The zero-order chi connectivity index (χ0) is 13.9. The van der Waals surface area contributed by atoms with Crippen molar-refractivity contribution in [3.8, 4) is 17.1 Å². The Balaban J connectivity index is 2.19. The second-order valence-electron chi connectivity index (χ2n) is 3.58. The highest BCUT2D eigenvalue weighted by Crippen LogP contribution is 2.24. The van der Waals surface area contributed by atoms with E-state index in [9.17, 15) is 13.6 Å². The smallest absolute Gasteiger partial charge is 0.402 e. The molecule has 0 aliphatic carbocycles. The number of nitrogens with zero attached hydrogens (tertiary/aromatic N) is 2. The molecule has 1 N–H and O–H groups in total. The van der Waals surface area contributed by atoms with Crippen LogP contribution in [0.3, 0.4) is 0 Å². The van der Waals surface area contributed by atoms with Gasteiger partial charge in [-0.1, -0.05) is 30.3 Å². The van der Waals surface area contributed by atoms with Crippen LogP contribution in [0.15, 0.2) is 35.0 Å². The lowest BCUT2D eigenvalue weighted by Crippen LogP contribution is -2.25. The van der Waals surface area contributed by atoms with Crippen LogP contribution in [-0.4, -0.2) is 30.5 Å². The van der Waals surface area contributed by atoms with Crippen molar-refractivity contribution in [2.24, 2.45) is 0 Å². The summed E-state index contributed by atoms with van der Waals surface area (Å²) in [6.45, 7) is -0.342. The third kappa shape index (κ3) is 3.42. The molecule has 8 nitrogen and oxygen atoms in total. The number of aromatic nitrogens is 2. The molecule has 0 atom stereocenters. The molecule has 0 aliphatic heterocycles. The van der Waals surface area contributed by atoms with Gasteiger partial charge in [0.2, 0.25) is 0 Å². The Hall–Kier alpha value is -2.13. The molecule has 0 radical (unpaired) electrons. The van der Waals surface area contributed by atoms with Gasteiger partial charge < -0.3 is 9.94 Å². The Kier molecular flexibility index (Phi) is 3.67. The maximum absolute atomic E-state index is 11.4. The molecule has 0 aliphatic rings. The predicted molar refractivity (Wildman–Crippen MR) is 62.8 cm³/mol. The molecule has 19 heavy (non-hydrogen) atoms. The lowest BCUT2D eigenvalue weighted by molar-refractivity contribution is -0.793. The van der Waals surface area contributed by atoms with Gasteiger partial charge in [-0.2, -0.15) is 8.42 Å². The molecule has 0 unspecified atom stereocenters. The van der Waals surface area contributed by atoms with Crippen molar-refractivity contribution in [1.29, 1.82) is 0 Å². The topological polar surface area (TPSA) is 117 Å². The predicted octanol–water partition coefficient (Wildman–Crippen LogP) is 0.242. The third-order valence-electron chi connectivity index (χ3n) is 2.21. The Morgan fingerprint density at radius 1 is 1.37 bits per heavy atom. The summed E-state index contributed by atoms with van der Waals surface area (Å²) in [6, 6.07) is 8.49. The van der Waals surface area contributed by atoms with Gasteiger partial charge in [0, 0.05) is 5.56 Å². The van der Waals surface area contributed by atoms with E-state index in [-0.39, 0.29) is 23.1 Å².